The summed E-state index contributed by atoms with van der Waals surface area (Å²) in [7, 11) is -3.81. The predicted octanol–water partition coefficient (Wildman–Crippen LogP) is 3.69. The van der Waals surface area contributed by atoms with Gasteiger partial charge in [0.2, 0.25) is 11.9 Å². The molecule has 3 rings (SSSR count). The van der Waals surface area contributed by atoms with Crippen LogP contribution in [0.1, 0.15) is 24.0 Å². The number of anilines is 2. The fourth-order valence-corrected chi connectivity index (χ4v) is 3.81. The molecule has 0 bridgehead atoms. The van der Waals surface area contributed by atoms with Crippen LogP contribution >= 0.6 is 0 Å². The number of amides is 1. The van der Waals surface area contributed by atoms with E-state index in [1.54, 1.807) is 6.07 Å². The van der Waals surface area contributed by atoms with E-state index in [1.807, 2.05) is 32.0 Å². The minimum Gasteiger partial charge on any atom is -0.493 e. The highest BCUT2D eigenvalue weighted by molar-refractivity contribution is 7.92. The maximum Gasteiger partial charge on any atom is 0.264 e. The maximum absolute atomic E-state index is 12.4. The van der Waals surface area contributed by atoms with Crippen LogP contribution in [-0.2, 0) is 14.8 Å². The lowest BCUT2D eigenvalue weighted by molar-refractivity contribution is -0.116. The Hall–Kier alpha value is -3.46. The van der Waals surface area contributed by atoms with Gasteiger partial charge >= 0.3 is 0 Å². The van der Waals surface area contributed by atoms with Crippen molar-refractivity contribution < 1.29 is 17.9 Å². The van der Waals surface area contributed by atoms with Crippen LogP contribution in [0.4, 0.5) is 11.6 Å². The van der Waals surface area contributed by atoms with Crippen molar-refractivity contribution in [2.75, 3.05) is 16.6 Å². The molecule has 8 nitrogen and oxygen atoms in total. The van der Waals surface area contributed by atoms with Crippen molar-refractivity contribution in [1.82, 2.24) is 9.97 Å². The summed E-state index contributed by atoms with van der Waals surface area (Å²) >= 11 is 0. The Morgan fingerprint density at radius 3 is 2.42 bits per heavy atom. The van der Waals surface area contributed by atoms with Crippen molar-refractivity contribution in [3.8, 4) is 5.75 Å². The molecule has 0 unspecified atom stereocenters. The van der Waals surface area contributed by atoms with Gasteiger partial charge in [-0.25, -0.2) is 23.1 Å². The van der Waals surface area contributed by atoms with Crippen LogP contribution in [-0.4, -0.2) is 30.9 Å². The molecule has 1 heterocycles. The van der Waals surface area contributed by atoms with Gasteiger partial charge in [0.1, 0.15) is 5.75 Å². The molecule has 9 heteroatoms. The van der Waals surface area contributed by atoms with Crippen LogP contribution in [0.25, 0.3) is 0 Å². The molecule has 0 radical (unpaired) electrons. The second-order valence-electron chi connectivity index (χ2n) is 6.97. The van der Waals surface area contributed by atoms with Crippen molar-refractivity contribution in [2.45, 2.75) is 31.6 Å². The number of carbonyl (C=O) groups is 1. The van der Waals surface area contributed by atoms with Crippen LogP contribution in [0.2, 0.25) is 0 Å². The minimum atomic E-state index is -3.81. The van der Waals surface area contributed by atoms with E-state index in [0.29, 0.717) is 18.7 Å². The number of ether oxygens (including phenoxy) is 1. The van der Waals surface area contributed by atoms with Gasteiger partial charge in [-0.1, -0.05) is 17.7 Å². The Labute approximate surface area is 181 Å². The summed E-state index contributed by atoms with van der Waals surface area (Å²) in [5.74, 6) is 0.635. The Balaban J connectivity index is 1.47. The van der Waals surface area contributed by atoms with Gasteiger partial charge in [0.15, 0.2) is 0 Å². The Bertz CT molecular complexity index is 1130. The molecule has 0 aliphatic rings. The fourth-order valence-electron chi connectivity index (χ4n) is 2.85. The molecule has 0 saturated carbocycles. The zero-order valence-electron chi connectivity index (χ0n) is 17.3. The van der Waals surface area contributed by atoms with Gasteiger partial charge in [-0.3, -0.25) is 4.79 Å². The van der Waals surface area contributed by atoms with Crippen LogP contribution in [0, 0.1) is 13.8 Å². The number of nitrogens with zero attached hydrogens (tertiary/aromatic N) is 2. The van der Waals surface area contributed by atoms with Gasteiger partial charge in [0.05, 0.1) is 11.5 Å². The first-order chi connectivity index (χ1) is 14.8. The number of rotatable bonds is 9. The first-order valence-electron chi connectivity index (χ1n) is 9.73. The van der Waals surface area contributed by atoms with Crippen molar-refractivity contribution in [1.29, 1.82) is 0 Å². The molecular weight excluding hydrogens is 416 g/mol. The molecule has 3 aromatic rings. The molecule has 0 fully saturated rings. The maximum atomic E-state index is 12.4. The second kappa shape index (κ2) is 10.0. The van der Waals surface area contributed by atoms with Gasteiger partial charge in [-0.05, 0) is 62.2 Å². The smallest absolute Gasteiger partial charge is 0.264 e. The predicted molar refractivity (Wildman–Crippen MR) is 119 cm³/mol. The number of carbonyl (C=O) groups excluding carboxylic acids is 1. The van der Waals surface area contributed by atoms with E-state index in [1.165, 1.54) is 42.2 Å². The van der Waals surface area contributed by atoms with Crippen molar-refractivity contribution in [3.63, 3.8) is 0 Å². The number of benzene rings is 2. The number of aromatic nitrogens is 2. The first kappa shape index (κ1) is 22.2. The van der Waals surface area contributed by atoms with E-state index in [2.05, 4.69) is 20.0 Å². The van der Waals surface area contributed by atoms with E-state index < -0.39 is 10.0 Å². The molecule has 0 aliphatic carbocycles. The Morgan fingerprint density at radius 2 is 1.74 bits per heavy atom. The van der Waals surface area contributed by atoms with Crippen molar-refractivity contribution in [3.05, 3.63) is 72.1 Å². The molecule has 1 aromatic heterocycles. The third-order valence-electron chi connectivity index (χ3n) is 4.38. The number of hydrogen-bond donors (Lipinski definition) is 2. The molecule has 2 N–H and O–H groups in total. The molecule has 1 amide bonds. The normalized spacial score (nSPS) is 11.0. The summed E-state index contributed by atoms with van der Waals surface area (Å²) in [6.45, 7) is 4.44. The van der Waals surface area contributed by atoms with Crippen molar-refractivity contribution >= 4 is 27.6 Å². The summed E-state index contributed by atoms with van der Waals surface area (Å²) < 4.78 is 32.8. The molecule has 2 aromatic carbocycles. The molecule has 162 valence electrons. The topological polar surface area (TPSA) is 110 Å². The molecule has 31 heavy (non-hydrogen) atoms. The van der Waals surface area contributed by atoms with Gasteiger partial charge < -0.3 is 10.1 Å². The van der Waals surface area contributed by atoms with E-state index in [0.717, 1.165) is 11.3 Å². The molecule has 0 spiro atoms. The number of hydrogen-bond acceptors (Lipinski definition) is 6. The van der Waals surface area contributed by atoms with E-state index in [-0.39, 0.29) is 23.2 Å². The average molecular weight is 441 g/mol. The zero-order chi connectivity index (χ0) is 22.3. The highest BCUT2D eigenvalue weighted by atomic mass is 32.2. The molecular formula is C22H24N4O4S. The summed E-state index contributed by atoms with van der Waals surface area (Å²) in [5.41, 5.74) is 2.75. The highest BCUT2D eigenvalue weighted by Gasteiger charge is 2.15. The number of sulfonamides is 1. The van der Waals surface area contributed by atoms with Crippen LogP contribution in [0.5, 0.6) is 5.75 Å². The Kier molecular flexibility index (Phi) is 7.19. The second-order valence-corrected chi connectivity index (χ2v) is 8.65. The van der Waals surface area contributed by atoms with Gasteiger partial charge in [0.25, 0.3) is 10.0 Å². The van der Waals surface area contributed by atoms with Crippen LogP contribution in [0.3, 0.4) is 0 Å². The van der Waals surface area contributed by atoms with Crippen LogP contribution in [0.15, 0.2) is 65.8 Å². The molecule has 0 atom stereocenters. The quantitative estimate of drug-likeness (QED) is 0.491. The summed E-state index contributed by atoms with van der Waals surface area (Å²) in [6.07, 6.45) is 3.73. The van der Waals surface area contributed by atoms with E-state index >= 15 is 0 Å². The lowest BCUT2D eigenvalue weighted by atomic mass is 10.1. The molecule has 0 aliphatic heterocycles. The van der Waals surface area contributed by atoms with Crippen LogP contribution < -0.4 is 14.8 Å². The van der Waals surface area contributed by atoms with E-state index in [9.17, 15) is 13.2 Å². The van der Waals surface area contributed by atoms with Gasteiger partial charge in [-0.15, -0.1) is 0 Å². The van der Waals surface area contributed by atoms with Crippen molar-refractivity contribution in [2.24, 2.45) is 0 Å². The highest BCUT2D eigenvalue weighted by Crippen LogP contribution is 2.19. The first-order valence-corrected chi connectivity index (χ1v) is 11.2. The average Bonchev–Trinajstić information content (AvgIpc) is 2.73. The Morgan fingerprint density at radius 1 is 1.03 bits per heavy atom. The largest absolute Gasteiger partial charge is 0.493 e. The summed E-state index contributed by atoms with van der Waals surface area (Å²) in [5, 5.41) is 2.75. The lowest BCUT2D eigenvalue weighted by Crippen LogP contribution is -2.15. The summed E-state index contributed by atoms with van der Waals surface area (Å²) in [4.78, 5) is 19.9. The van der Waals surface area contributed by atoms with Gasteiger partial charge in [0, 0.05) is 24.5 Å². The third kappa shape index (κ3) is 6.51. The third-order valence-corrected chi connectivity index (χ3v) is 5.72. The summed E-state index contributed by atoms with van der Waals surface area (Å²) in [6, 6.07) is 13.4. The lowest BCUT2D eigenvalue weighted by Gasteiger charge is -2.10. The van der Waals surface area contributed by atoms with E-state index in [4.69, 9.17) is 4.74 Å². The zero-order valence-corrected chi connectivity index (χ0v) is 18.1. The SMILES string of the molecule is Cc1ccc(OCCCC(=O)Nc2ccc(S(=O)(=O)Nc3ncccn3)cc2)c(C)c1. The molecule has 0 saturated heterocycles. The monoisotopic (exact) mass is 440 g/mol. The number of nitrogens with one attached hydrogen (secondary N) is 2. The standard InChI is InChI=1S/C22H24N4O4S/c1-16-6-11-20(17(2)15-16)30-14-3-5-21(27)25-18-7-9-19(10-8-18)31(28,29)26-22-23-12-4-13-24-22/h4,6-13,15H,3,5,14H2,1-2H3,(H,25,27)(H,23,24,26). The fraction of sp³-hybridized carbons (Fsp3) is 0.227. The minimum absolute atomic E-state index is 0.0112. The number of aryl methyl sites for hydroxylation is 2. The van der Waals surface area contributed by atoms with Gasteiger partial charge in [-0.2, -0.15) is 0 Å².